The van der Waals surface area contributed by atoms with Crippen molar-refractivity contribution in [3.8, 4) is 5.75 Å². The maximum Gasteiger partial charge on any atom is 0.347 e. The molecule has 1 aliphatic rings. The Kier molecular flexibility index (Phi) is 7.97. The van der Waals surface area contributed by atoms with Crippen LogP contribution in [0.2, 0.25) is 0 Å². The second kappa shape index (κ2) is 11.6. The van der Waals surface area contributed by atoms with E-state index >= 15 is 0 Å². The number of rotatable bonds is 10. The van der Waals surface area contributed by atoms with Gasteiger partial charge in [-0.15, -0.1) is 0 Å². The van der Waals surface area contributed by atoms with Crippen LogP contribution in [0, 0.1) is 6.92 Å². The molecule has 208 valence electrons. The highest BCUT2D eigenvalue weighted by atomic mass is 16.6. The molecule has 1 aromatic heterocycles. The minimum absolute atomic E-state index is 0.0696. The van der Waals surface area contributed by atoms with Crippen molar-refractivity contribution in [1.29, 1.82) is 0 Å². The quantitative estimate of drug-likeness (QED) is 0.226. The number of hydrogen-bond donors (Lipinski definition) is 1. The first-order chi connectivity index (χ1) is 19.2. The number of ether oxygens (including phenoxy) is 2. The second-order valence-electron chi connectivity index (χ2n) is 10.8. The van der Waals surface area contributed by atoms with Gasteiger partial charge >= 0.3 is 5.97 Å². The number of esters is 1. The maximum atomic E-state index is 13.2. The molecule has 4 aromatic rings. The molecule has 1 saturated carbocycles. The van der Waals surface area contributed by atoms with Crippen LogP contribution in [0.25, 0.3) is 10.9 Å². The van der Waals surface area contributed by atoms with E-state index in [0.717, 1.165) is 34.1 Å². The Labute approximate surface area is 236 Å². The molecule has 3 aromatic carbocycles. The minimum atomic E-state index is -0.659. The third-order valence-corrected chi connectivity index (χ3v) is 7.93. The smallest absolute Gasteiger partial charge is 0.347 e. The SMILES string of the molecule is CCOC(=O)C(C)Oc1ccc(Cc2c(C)n(C)c3cc(C(=O)N[C@@H](C)c4cccc(C5CC5)c4)ccc23)cc1. The van der Waals surface area contributed by atoms with Crippen molar-refractivity contribution in [2.45, 2.75) is 65.0 Å². The number of hydrogen-bond acceptors (Lipinski definition) is 4. The third-order valence-electron chi connectivity index (χ3n) is 7.93. The molecule has 1 amide bonds. The van der Waals surface area contributed by atoms with E-state index in [9.17, 15) is 9.59 Å². The van der Waals surface area contributed by atoms with Crippen LogP contribution in [-0.2, 0) is 23.0 Å². The van der Waals surface area contributed by atoms with Crippen LogP contribution in [0.3, 0.4) is 0 Å². The molecule has 6 nitrogen and oxygen atoms in total. The monoisotopic (exact) mass is 538 g/mol. The normalized spacial score (nSPS) is 14.5. The van der Waals surface area contributed by atoms with Gasteiger partial charge in [0.1, 0.15) is 5.75 Å². The largest absolute Gasteiger partial charge is 0.479 e. The Morgan fingerprint density at radius 1 is 1.02 bits per heavy atom. The van der Waals surface area contributed by atoms with Crippen LogP contribution >= 0.6 is 0 Å². The number of aromatic nitrogens is 1. The fourth-order valence-electron chi connectivity index (χ4n) is 5.27. The van der Waals surface area contributed by atoms with Crippen molar-refractivity contribution in [3.05, 3.63) is 100 Å². The number of amides is 1. The minimum Gasteiger partial charge on any atom is -0.479 e. The first-order valence-corrected chi connectivity index (χ1v) is 14.2. The standard InChI is InChI=1S/C34H38N2O4/c1-6-39-34(38)23(4)40-29-15-10-24(11-16-29)18-31-22(3)36(5)32-20-28(14-17-30(31)32)33(37)35-21(2)26-8-7-9-27(19-26)25-12-13-25/h7-11,14-17,19-21,23,25H,6,12-13,18H2,1-5H3,(H,35,37)/t21-,23?/m0/s1. The molecule has 1 unspecified atom stereocenters. The first kappa shape index (κ1) is 27.5. The molecule has 0 saturated heterocycles. The zero-order valence-corrected chi connectivity index (χ0v) is 24.0. The summed E-state index contributed by atoms with van der Waals surface area (Å²) in [6, 6.07) is 22.3. The number of aryl methyl sites for hydroxylation is 1. The van der Waals surface area contributed by atoms with E-state index in [2.05, 4.69) is 47.1 Å². The van der Waals surface area contributed by atoms with E-state index in [4.69, 9.17) is 9.47 Å². The zero-order valence-electron chi connectivity index (χ0n) is 24.0. The molecular formula is C34H38N2O4. The number of carbonyl (C=O) groups excluding carboxylic acids is 2. The summed E-state index contributed by atoms with van der Waals surface area (Å²) in [5.41, 5.74) is 7.73. The second-order valence-corrected chi connectivity index (χ2v) is 10.8. The molecule has 1 aliphatic carbocycles. The number of carbonyl (C=O) groups is 2. The number of nitrogens with one attached hydrogen (secondary N) is 1. The summed E-state index contributed by atoms with van der Waals surface area (Å²) in [5.74, 6) is 0.872. The van der Waals surface area contributed by atoms with E-state index in [1.54, 1.807) is 13.8 Å². The van der Waals surface area contributed by atoms with Gasteiger partial charge in [-0.2, -0.15) is 0 Å². The first-order valence-electron chi connectivity index (χ1n) is 14.2. The van der Waals surface area contributed by atoms with Gasteiger partial charge in [-0.3, -0.25) is 4.79 Å². The summed E-state index contributed by atoms with van der Waals surface area (Å²) in [4.78, 5) is 25.1. The van der Waals surface area contributed by atoms with Gasteiger partial charge in [0.15, 0.2) is 6.10 Å². The molecule has 0 bridgehead atoms. The fraction of sp³-hybridized carbons (Fsp3) is 0.353. The van der Waals surface area contributed by atoms with E-state index < -0.39 is 6.10 Å². The lowest BCUT2D eigenvalue weighted by molar-refractivity contribution is -0.150. The molecule has 1 N–H and O–H groups in total. The number of benzene rings is 3. The third kappa shape index (κ3) is 5.91. The van der Waals surface area contributed by atoms with Gasteiger partial charge in [-0.1, -0.05) is 42.5 Å². The molecular weight excluding hydrogens is 500 g/mol. The predicted octanol–water partition coefficient (Wildman–Crippen LogP) is 6.78. The average molecular weight is 539 g/mol. The summed E-state index contributed by atoms with van der Waals surface area (Å²) >= 11 is 0. The summed E-state index contributed by atoms with van der Waals surface area (Å²) in [7, 11) is 2.04. The van der Waals surface area contributed by atoms with Gasteiger partial charge < -0.3 is 19.4 Å². The molecule has 6 heteroatoms. The van der Waals surface area contributed by atoms with Crippen LogP contribution < -0.4 is 10.1 Å². The lowest BCUT2D eigenvalue weighted by Crippen LogP contribution is -2.26. The van der Waals surface area contributed by atoms with Crippen molar-refractivity contribution in [2.75, 3.05) is 6.61 Å². The zero-order chi connectivity index (χ0) is 28.4. The van der Waals surface area contributed by atoms with Gasteiger partial charge in [-0.05, 0) is 99.4 Å². The van der Waals surface area contributed by atoms with E-state index in [0.29, 0.717) is 23.8 Å². The summed E-state index contributed by atoms with van der Waals surface area (Å²) < 4.78 is 12.9. The van der Waals surface area contributed by atoms with Crippen LogP contribution in [0.4, 0.5) is 0 Å². The van der Waals surface area contributed by atoms with Gasteiger partial charge in [0.05, 0.1) is 12.6 Å². The van der Waals surface area contributed by atoms with Crippen LogP contribution in [0.15, 0.2) is 66.7 Å². The highest BCUT2D eigenvalue weighted by Gasteiger charge is 2.24. The summed E-state index contributed by atoms with van der Waals surface area (Å²) in [5, 5.41) is 4.33. The van der Waals surface area contributed by atoms with Crippen molar-refractivity contribution in [2.24, 2.45) is 7.05 Å². The molecule has 1 heterocycles. The lowest BCUT2D eigenvalue weighted by Gasteiger charge is -2.16. The lowest BCUT2D eigenvalue weighted by atomic mass is 10.0. The number of nitrogens with zero attached hydrogens (tertiary/aromatic N) is 1. The molecule has 0 radical (unpaired) electrons. The van der Waals surface area contributed by atoms with Gasteiger partial charge in [0, 0.05) is 29.2 Å². The predicted molar refractivity (Wildman–Crippen MR) is 158 cm³/mol. The Hall–Kier alpha value is -4.06. The maximum absolute atomic E-state index is 13.2. The molecule has 0 spiro atoms. The van der Waals surface area contributed by atoms with Crippen LogP contribution in [0.1, 0.15) is 83.9 Å². The highest BCUT2D eigenvalue weighted by molar-refractivity contribution is 5.99. The van der Waals surface area contributed by atoms with E-state index in [1.807, 2.05) is 50.4 Å². The van der Waals surface area contributed by atoms with Crippen molar-refractivity contribution in [1.82, 2.24) is 9.88 Å². The molecule has 40 heavy (non-hydrogen) atoms. The van der Waals surface area contributed by atoms with Gasteiger partial charge in [0.25, 0.3) is 5.91 Å². The van der Waals surface area contributed by atoms with Crippen molar-refractivity contribution < 1.29 is 19.1 Å². The Balaban J connectivity index is 1.29. The van der Waals surface area contributed by atoms with Crippen molar-refractivity contribution >= 4 is 22.8 Å². The van der Waals surface area contributed by atoms with E-state index in [-0.39, 0.29) is 17.9 Å². The van der Waals surface area contributed by atoms with Gasteiger partial charge in [0.2, 0.25) is 0 Å². The Morgan fingerprint density at radius 3 is 2.48 bits per heavy atom. The Bertz CT molecular complexity index is 1530. The molecule has 0 aliphatic heterocycles. The Morgan fingerprint density at radius 2 is 1.77 bits per heavy atom. The van der Waals surface area contributed by atoms with Gasteiger partial charge in [-0.25, -0.2) is 4.79 Å². The van der Waals surface area contributed by atoms with Crippen LogP contribution in [-0.4, -0.2) is 29.2 Å². The average Bonchev–Trinajstić information content (AvgIpc) is 3.78. The summed E-state index contributed by atoms with van der Waals surface area (Å²) in [6.45, 7) is 7.95. The molecule has 5 rings (SSSR count). The number of fused-ring (bicyclic) bond motifs is 1. The van der Waals surface area contributed by atoms with E-state index in [1.165, 1.54) is 24.0 Å². The fourth-order valence-corrected chi connectivity index (χ4v) is 5.27. The topological polar surface area (TPSA) is 69.6 Å². The summed E-state index contributed by atoms with van der Waals surface area (Å²) in [6.07, 6.45) is 2.61. The molecule has 2 atom stereocenters. The van der Waals surface area contributed by atoms with Crippen molar-refractivity contribution in [3.63, 3.8) is 0 Å². The molecule has 1 fully saturated rings. The van der Waals surface area contributed by atoms with Crippen LogP contribution in [0.5, 0.6) is 5.75 Å². The highest BCUT2D eigenvalue weighted by Crippen LogP contribution is 2.40.